The number of benzene rings is 1. The summed E-state index contributed by atoms with van der Waals surface area (Å²) in [4.78, 5) is 2.40. The van der Waals surface area contributed by atoms with Crippen molar-refractivity contribution in [2.75, 3.05) is 26.7 Å². The summed E-state index contributed by atoms with van der Waals surface area (Å²) in [6.45, 7) is 3.01. The Morgan fingerprint density at radius 1 is 1.50 bits per heavy atom. The summed E-state index contributed by atoms with van der Waals surface area (Å²) in [5.41, 5.74) is 8.18. The number of hydrogen-bond acceptors (Lipinski definition) is 2. The molecule has 0 aromatic heterocycles. The van der Waals surface area contributed by atoms with Gasteiger partial charge in [-0.15, -0.1) is 0 Å². The van der Waals surface area contributed by atoms with E-state index >= 15 is 0 Å². The van der Waals surface area contributed by atoms with Crippen LogP contribution in [-0.4, -0.2) is 31.6 Å². The van der Waals surface area contributed by atoms with E-state index in [1.807, 2.05) is 6.08 Å². The van der Waals surface area contributed by atoms with Gasteiger partial charge < -0.3 is 10.6 Å². The van der Waals surface area contributed by atoms with Crippen LogP contribution in [0.3, 0.4) is 0 Å². The van der Waals surface area contributed by atoms with E-state index in [4.69, 9.17) is 5.73 Å². The minimum atomic E-state index is 0.608. The van der Waals surface area contributed by atoms with Gasteiger partial charge in [0, 0.05) is 13.1 Å². The highest BCUT2D eigenvalue weighted by Gasteiger charge is 2.20. The van der Waals surface area contributed by atoms with E-state index in [0.29, 0.717) is 12.5 Å². The van der Waals surface area contributed by atoms with Crippen LogP contribution in [0, 0.1) is 0 Å². The minimum Gasteiger partial charge on any atom is -0.327 e. The highest BCUT2D eigenvalue weighted by Crippen LogP contribution is 2.26. The van der Waals surface area contributed by atoms with Crippen LogP contribution in [0.2, 0.25) is 0 Å². The predicted octanol–water partition coefficient (Wildman–Crippen LogP) is 2.08. The molecule has 1 aliphatic rings. The number of likely N-dealkylation sites (N-methyl/N-ethyl adjacent to an activating group) is 1. The van der Waals surface area contributed by atoms with E-state index in [1.165, 1.54) is 30.6 Å². The molecule has 1 aliphatic heterocycles. The number of rotatable bonds is 3. The summed E-state index contributed by atoms with van der Waals surface area (Å²) < 4.78 is 0. The van der Waals surface area contributed by atoms with E-state index < -0.39 is 0 Å². The van der Waals surface area contributed by atoms with E-state index in [-0.39, 0.29) is 0 Å². The van der Waals surface area contributed by atoms with Gasteiger partial charge in [0.05, 0.1) is 0 Å². The SMILES string of the molecule is CN1CCC(c2cccc(/C=C/CN)c2)C1. The van der Waals surface area contributed by atoms with Gasteiger partial charge in [-0.25, -0.2) is 0 Å². The molecule has 2 heteroatoms. The molecule has 0 radical (unpaired) electrons. The minimum absolute atomic E-state index is 0.608. The molecule has 1 saturated heterocycles. The molecule has 1 heterocycles. The second-order valence-electron chi connectivity index (χ2n) is 4.56. The van der Waals surface area contributed by atoms with Crippen molar-refractivity contribution in [1.29, 1.82) is 0 Å². The Hall–Kier alpha value is -1.12. The molecular weight excluding hydrogens is 196 g/mol. The maximum absolute atomic E-state index is 5.46. The van der Waals surface area contributed by atoms with Crippen LogP contribution < -0.4 is 5.73 Å². The van der Waals surface area contributed by atoms with E-state index in [1.54, 1.807) is 0 Å². The van der Waals surface area contributed by atoms with Crippen LogP contribution in [0.1, 0.15) is 23.5 Å². The van der Waals surface area contributed by atoms with Gasteiger partial charge in [-0.05, 0) is 37.1 Å². The Bertz CT molecular complexity index is 371. The summed E-state index contributed by atoms with van der Waals surface area (Å²) in [5, 5.41) is 0. The van der Waals surface area contributed by atoms with Gasteiger partial charge >= 0.3 is 0 Å². The molecule has 86 valence electrons. The van der Waals surface area contributed by atoms with Crippen LogP contribution in [0.15, 0.2) is 30.3 Å². The summed E-state index contributed by atoms with van der Waals surface area (Å²) >= 11 is 0. The van der Waals surface area contributed by atoms with E-state index in [2.05, 4.69) is 42.3 Å². The van der Waals surface area contributed by atoms with Gasteiger partial charge in [0.1, 0.15) is 0 Å². The van der Waals surface area contributed by atoms with Crippen molar-refractivity contribution in [3.63, 3.8) is 0 Å². The van der Waals surface area contributed by atoms with Crippen molar-refractivity contribution < 1.29 is 0 Å². The Kier molecular flexibility index (Phi) is 3.75. The fourth-order valence-corrected chi connectivity index (χ4v) is 2.33. The van der Waals surface area contributed by atoms with Gasteiger partial charge in [0.2, 0.25) is 0 Å². The molecule has 1 unspecified atom stereocenters. The number of hydrogen-bond donors (Lipinski definition) is 1. The Morgan fingerprint density at radius 2 is 2.38 bits per heavy atom. The number of nitrogens with two attached hydrogens (primary N) is 1. The fraction of sp³-hybridized carbons (Fsp3) is 0.429. The van der Waals surface area contributed by atoms with Crippen LogP contribution in [0.25, 0.3) is 6.08 Å². The zero-order chi connectivity index (χ0) is 11.4. The van der Waals surface area contributed by atoms with Gasteiger partial charge in [-0.3, -0.25) is 0 Å². The molecule has 2 rings (SSSR count). The third kappa shape index (κ3) is 2.71. The zero-order valence-electron chi connectivity index (χ0n) is 9.89. The second kappa shape index (κ2) is 5.28. The molecule has 16 heavy (non-hydrogen) atoms. The topological polar surface area (TPSA) is 29.3 Å². The maximum atomic E-state index is 5.46. The molecule has 1 aromatic rings. The molecule has 0 bridgehead atoms. The lowest BCUT2D eigenvalue weighted by atomic mass is 9.96. The summed E-state index contributed by atoms with van der Waals surface area (Å²) in [5.74, 6) is 0.705. The molecule has 0 aliphatic carbocycles. The molecule has 0 saturated carbocycles. The molecule has 1 atom stereocenters. The molecule has 2 nitrogen and oxygen atoms in total. The van der Waals surface area contributed by atoms with Gasteiger partial charge in [0.15, 0.2) is 0 Å². The van der Waals surface area contributed by atoms with Crippen molar-refractivity contribution in [1.82, 2.24) is 4.90 Å². The van der Waals surface area contributed by atoms with Crippen LogP contribution >= 0.6 is 0 Å². The average molecular weight is 216 g/mol. The van der Waals surface area contributed by atoms with Crippen molar-refractivity contribution in [2.45, 2.75) is 12.3 Å². The van der Waals surface area contributed by atoms with E-state index in [0.717, 1.165) is 0 Å². The quantitative estimate of drug-likeness (QED) is 0.838. The van der Waals surface area contributed by atoms with Crippen molar-refractivity contribution in [2.24, 2.45) is 5.73 Å². The second-order valence-corrected chi connectivity index (χ2v) is 4.56. The molecule has 2 N–H and O–H groups in total. The number of likely N-dealkylation sites (tertiary alicyclic amines) is 1. The largest absolute Gasteiger partial charge is 0.327 e. The zero-order valence-corrected chi connectivity index (χ0v) is 9.89. The third-order valence-electron chi connectivity index (χ3n) is 3.22. The Balaban J connectivity index is 2.12. The number of nitrogens with zero attached hydrogens (tertiary/aromatic N) is 1. The molecule has 1 aromatic carbocycles. The van der Waals surface area contributed by atoms with Gasteiger partial charge in [-0.2, -0.15) is 0 Å². The standard InChI is InChI=1S/C14H20N2/c1-16-9-7-14(11-16)13-6-2-4-12(10-13)5-3-8-15/h2-6,10,14H,7-9,11,15H2,1H3/b5-3+. The van der Waals surface area contributed by atoms with Crippen molar-refractivity contribution >= 4 is 6.08 Å². The fourth-order valence-electron chi connectivity index (χ4n) is 2.33. The summed E-state index contributed by atoms with van der Waals surface area (Å²) in [6, 6.07) is 8.80. The van der Waals surface area contributed by atoms with E-state index in [9.17, 15) is 0 Å². The van der Waals surface area contributed by atoms with Crippen LogP contribution in [0.4, 0.5) is 0 Å². The highest BCUT2D eigenvalue weighted by atomic mass is 15.1. The smallest absolute Gasteiger partial charge is 0.0110 e. The van der Waals surface area contributed by atoms with Gasteiger partial charge in [0.25, 0.3) is 0 Å². The first-order chi connectivity index (χ1) is 7.79. The van der Waals surface area contributed by atoms with Crippen molar-refractivity contribution in [3.05, 3.63) is 41.5 Å². The maximum Gasteiger partial charge on any atom is 0.0110 e. The Labute approximate surface area is 97.8 Å². The van der Waals surface area contributed by atoms with Crippen LogP contribution in [0.5, 0.6) is 0 Å². The first-order valence-electron chi connectivity index (χ1n) is 5.94. The third-order valence-corrected chi connectivity index (χ3v) is 3.22. The highest BCUT2D eigenvalue weighted by molar-refractivity contribution is 5.51. The summed E-state index contributed by atoms with van der Waals surface area (Å²) in [7, 11) is 2.19. The monoisotopic (exact) mass is 216 g/mol. The molecule has 0 spiro atoms. The summed E-state index contributed by atoms with van der Waals surface area (Å²) in [6.07, 6.45) is 5.38. The Morgan fingerprint density at radius 3 is 3.06 bits per heavy atom. The predicted molar refractivity (Wildman–Crippen MR) is 69.4 cm³/mol. The lowest BCUT2D eigenvalue weighted by Crippen LogP contribution is -2.13. The first-order valence-corrected chi connectivity index (χ1v) is 5.94. The van der Waals surface area contributed by atoms with Gasteiger partial charge in [-0.1, -0.05) is 36.4 Å². The van der Waals surface area contributed by atoms with Crippen molar-refractivity contribution in [3.8, 4) is 0 Å². The lowest BCUT2D eigenvalue weighted by Gasteiger charge is -2.11. The molecular formula is C14H20N2. The average Bonchev–Trinajstić information content (AvgIpc) is 2.74. The molecule has 0 amide bonds. The molecule has 1 fully saturated rings. The normalized spacial score (nSPS) is 22.0. The first kappa shape index (κ1) is 11.4. The lowest BCUT2D eigenvalue weighted by molar-refractivity contribution is 0.411. The van der Waals surface area contributed by atoms with Crippen LogP contribution in [-0.2, 0) is 0 Å².